The standard InChI is InChI=1S/C54H80BrN7O14/c1-33(2)49(61-46(64)13-9-8-10-24-57-48(66)29-55)50(67)62(44(51(68)69)12-11-25-58-52(56)70)40-19-17-39(18-20-40)31-72-53(71)59-30-42-28-54(32-73-54)27-41(76-42)21-14-34(3)15-22-45-35(4)26-43(37(6)75-45)60-47(65)23-16-36(5)74-38(7)63/h14-21,23,33,35-37,41-45,49H,8-13,22,24-32H2,1-7H3,(H,57,66)(H,59,71)(H,60,65)(H,61,64)(H,68,69)(H3,56,58,70)/b21-14+,23-16-,34-15+/t35-,36-,37+,41+,42-,43+,44-,45-,49-,54+/m0/s1. The monoisotopic (exact) mass is 1130 g/mol. The summed E-state index contributed by atoms with van der Waals surface area (Å²) in [6.07, 6.45) is 11.9. The molecule has 3 aliphatic rings. The summed E-state index contributed by atoms with van der Waals surface area (Å²) in [6.45, 7) is 13.8. The molecule has 0 unspecified atom stereocenters. The van der Waals surface area contributed by atoms with Crippen LogP contribution in [0.1, 0.15) is 118 Å². The van der Waals surface area contributed by atoms with Crippen LogP contribution in [0.2, 0.25) is 0 Å². The molecule has 10 atom stereocenters. The number of alkyl carbamates (subject to hydrolysis) is 1. The number of allylic oxidation sites excluding steroid dienone is 2. The second-order valence-electron chi connectivity index (χ2n) is 20.3. The average molecular weight is 1130 g/mol. The zero-order valence-corrected chi connectivity index (χ0v) is 46.5. The van der Waals surface area contributed by atoms with Crippen molar-refractivity contribution in [2.24, 2.45) is 17.6 Å². The number of primary amides is 1. The van der Waals surface area contributed by atoms with Gasteiger partial charge in [-0.1, -0.05) is 79.1 Å². The van der Waals surface area contributed by atoms with Crippen LogP contribution < -0.4 is 37.2 Å². The van der Waals surface area contributed by atoms with Crippen LogP contribution in [0.4, 0.5) is 15.3 Å². The molecule has 3 aliphatic heterocycles. The summed E-state index contributed by atoms with van der Waals surface area (Å²) in [5.74, 6) is -3.36. The fourth-order valence-corrected chi connectivity index (χ4v) is 9.33. The lowest BCUT2D eigenvalue weighted by molar-refractivity contribution is -0.143. The number of anilines is 1. The van der Waals surface area contributed by atoms with Crippen molar-refractivity contribution in [3.8, 4) is 0 Å². The van der Waals surface area contributed by atoms with Crippen LogP contribution in [0.5, 0.6) is 0 Å². The van der Waals surface area contributed by atoms with Crippen molar-refractivity contribution in [1.29, 1.82) is 0 Å². The van der Waals surface area contributed by atoms with Crippen molar-refractivity contribution < 1.29 is 67.1 Å². The molecule has 22 heteroatoms. The first-order chi connectivity index (χ1) is 36.1. The first kappa shape index (κ1) is 62.7. The van der Waals surface area contributed by atoms with Crippen molar-refractivity contribution in [2.45, 2.75) is 174 Å². The third-order valence-corrected chi connectivity index (χ3v) is 13.9. The van der Waals surface area contributed by atoms with E-state index in [2.05, 4.69) is 55.5 Å². The molecule has 76 heavy (non-hydrogen) atoms. The number of hydrogen-bond acceptors (Lipinski definition) is 13. The Morgan fingerprint density at radius 1 is 0.921 bits per heavy atom. The summed E-state index contributed by atoms with van der Waals surface area (Å²) in [6, 6.07) is 2.95. The molecule has 4 rings (SSSR count). The highest BCUT2D eigenvalue weighted by Crippen LogP contribution is 2.42. The molecule has 8 N–H and O–H groups in total. The van der Waals surface area contributed by atoms with Gasteiger partial charge in [0.15, 0.2) is 0 Å². The van der Waals surface area contributed by atoms with Gasteiger partial charge < -0.3 is 61.1 Å². The number of nitrogens with zero attached hydrogens (tertiary/aromatic N) is 1. The number of hydrogen-bond donors (Lipinski definition) is 7. The van der Waals surface area contributed by atoms with Crippen LogP contribution in [0, 0.1) is 11.8 Å². The van der Waals surface area contributed by atoms with E-state index in [0.29, 0.717) is 57.2 Å². The highest BCUT2D eigenvalue weighted by Gasteiger charge is 2.51. The van der Waals surface area contributed by atoms with E-state index in [1.807, 2.05) is 26.0 Å². The molecule has 3 heterocycles. The van der Waals surface area contributed by atoms with E-state index in [1.54, 1.807) is 51.1 Å². The Balaban J connectivity index is 1.30. The molecule has 0 radical (unpaired) electrons. The molecule has 0 aromatic heterocycles. The summed E-state index contributed by atoms with van der Waals surface area (Å²) >= 11 is 3.10. The molecule has 1 aromatic rings. The highest BCUT2D eigenvalue weighted by atomic mass is 79.9. The Kier molecular flexibility index (Phi) is 25.9. The number of epoxide rings is 1. The maximum absolute atomic E-state index is 14.4. The number of unbranched alkanes of at least 4 members (excludes halogenated alkanes) is 2. The Morgan fingerprint density at radius 2 is 1.63 bits per heavy atom. The SMILES string of the molecule is CC(=O)O[C@@H](C)/C=C\C(=O)N[C@@H]1C[C@H](C)[C@H](C/C=C(C)/C=C/[C@@H]2C[C@]3(CO3)C[C@@H](CNC(=O)OCc3ccc(N(C(=O)[C@@H](NC(=O)CCCCCNC(=O)CBr)C(C)C)[C@@H](CCCNC(N)=O)C(=O)O)cc3)O2)O[C@@H]1C. The number of nitrogens with one attached hydrogen (secondary N) is 5. The lowest BCUT2D eigenvalue weighted by Gasteiger charge is -2.39. The number of carbonyl (C=O) groups is 8. The largest absolute Gasteiger partial charge is 0.480 e. The number of aliphatic carboxylic acids is 1. The molecule has 1 spiro atoms. The van der Waals surface area contributed by atoms with Crippen LogP contribution in [0.25, 0.3) is 0 Å². The van der Waals surface area contributed by atoms with E-state index >= 15 is 0 Å². The predicted octanol–water partition coefficient (Wildman–Crippen LogP) is 5.38. The van der Waals surface area contributed by atoms with Crippen molar-refractivity contribution in [2.75, 3.05) is 36.5 Å². The van der Waals surface area contributed by atoms with Gasteiger partial charge >= 0.3 is 24.1 Å². The lowest BCUT2D eigenvalue weighted by Crippen LogP contribution is -2.56. The van der Waals surface area contributed by atoms with Crippen LogP contribution in [-0.2, 0) is 59.1 Å². The number of carbonyl (C=O) groups excluding carboxylic acids is 7. The number of benzene rings is 1. The number of alkyl halides is 1. The maximum atomic E-state index is 14.4. The van der Waals surface area contributed by atoms with E-state index in [0.717, 1.165) is 16.9 Å². The van der Waals surface area contributed by atoms with E-state index < -0.39 is 54.1 Å². The molecule has 21 nitrogen and oxygen atoms in total. The van der Waals surface area contributed by atoms with Crippen molar-refractivity contribution >= 4 is 69.3 Å². The number of carboxylic acid groups (broad SMARTS) is 1. The van der Waals surface area contributed by atoms with E-state index in [-0.39, 0.29) is 110 Å². The Bertz CT molecular complexity index is 2220. The average Bonchev–Trinajstić information content (AvgIpc) is 4.11. The Hall–Kier alpha value is -5.84. The fourth-order valence-electron chi connectivity index (χ4n) is 9.13. The molecule has 0 aliphatic carbocycles. The van der Waals surface area contributed by atoms with Crippen LogP contribution in [0.3, 0.4) is 0 Å². The van der Waals surface area contributed by atoms with Gasteiger partial charge in [0.05, 0.1) is 48.0 Å². The van der Waals surface area contributed by atoms with Gasteiger partial charge in [-0.3, -0.25) is 28.9 Å². The van der Waals surface area contributed by atoms with E-state index in [1.165, 1.54) is 13.0 Å². The number of urea groups is 1. The van der Waals surface area contributed by atoms with Gasteiger partial charge in [-0.25, -0.2) is 14.4 Å². The minimum atomic E-state index is -1.38. The molecule has 0 saturated carbocycles. The van der Waals surface area contributed by atoms with Crippen LogP contribution in [0.15, 0.2) is 60.2 Å². The summed E-state index contributed by atoms with van der Waals surface area (Å²) in [7, 11) is 0. The minimum Gasteiger partial charge on any atom is -0.480 e. The first-order valence-corrected chi connectivity index (χ1v) is 27.4. The number of amides is 7. The quantitative estimate of drug-likeness (QED) is 0.0133. The zero-order valence-electron chi connectivity index (χ0n) is 44.9. The smallest absolute Gasteiger partial charge is 0.407 e. The summed E-state index contributed by atoms with van der Waals surface area (Å²) in [4.78, 5) is 101. The van der Waals surface area contributed by atoms with Gasteiger partial charge in [0, 0.05) is 57.6 Å². The van der Waals surface area contributed by atoms with Crippen molar-refractivity contribution in [3.05, 3.63) is 65.8 Å². The number of rotatable bonds is 29. The second kappa shape index (κ2) is 31.4. The van der Waals surface area contributed by atoms with Crippen molar-refractivity contribution in [3.63, 3.8) is 0 Å². The fraction of sp³-hybridized carbons (Fsp3) is 0.630. The molecule has 422 valence electrons. The third-order valence-electron chi connectivity index (χ3n) is 13.4. The van der Waals surface area contributed by atoms with Gasteiger partial charge in [0.25, 0.3) is 5.91 Å². The Morgan fingerprint density at radius 3 is 2.28 bits per heavy atom. The molecular formula is C54H80BrN7O14. The van der Waals surface area contributed by atoms with Gasteiger partial charge in [-0.15, -0.1) is 0 Å². The number of nitrogens with two attached hydrogens (primary N) is 1. The predicted molar refractivity (Wildman–Crippen MR) is 287 cm³/mol. The van der Waals surface area contributed by atoms with Crippen molar-refractivity contribution in [1.82, 2.24) is 26.6 Å². The third kappa shape index (κ3) is 22.0. The number of halogens is 1. The number of ether oxygens (including phenoxy) is 5. The zero-order chi connectivity index (χ0) is 56.0. The topological polar surface area (TPSA) is 296 Å². The van der Waals surface area contributed by atoms with Gasteiger partial charge in [0.1, 0.15) is 24.8 Å². The second-order valence-corrected chi connectivity index (χ2v) is 20.9. The van der Waals surface area contributed by atoms with Crippen LogP contribution in [-0.4, -0.2) is 139 Å². The molecule has 3 saturated heterocycles. The minimum absolute atomic E-state index is 0.0347. The number of carboxylic acids is 1. The molecular weight excluding hydrogens is 1050 g/mol. The number of esters is 1. The van der Waals surface area contributed by atoms with Gasteiger partial charge in [0.2, 0.25) is 17.7 Å². The molecule has 1 aromatic carbocycles. The summed E-state index contributed by atoms with van der Waals surface area (Å²) < 4.78 is 29.2. The molecule has 0 bridgehead atoms. The first-order valence-electron chi connectivity index (χ1n) is 26.2. The summed E-state index contributed by atoms with van der Waals surface area (Å²) in [5, 5.41) is 24.5. The summed E-state index contributed by atoms with van der Waals surface area (Å²) in [5.41, 5.74) is 6.71. The van der Waals surface area contributed by atoms with Gasteiger partial charge in [-0.2, -0.15) is 0 Å². The van der Waals surface area contributed by atoms with Crippen LogP contribution >= 0.6 is 15.9 Å². The Labute approximate surface area is 454 Å². The highest BCUT2D eigenvalue weighted by molar-refractivity contribution is 9.09. The maximum Gasteiger partial charge on any atom is 0.407 e. The normalized spacial score (nSPS) is 23.5. The van der Waals surface area contributed by atoms with E-state index in [9.17, 15) is 43.5 Å². The van der Waals surface area contributed by atoms with Gasteiger partial charge in [-0.05, 0) is 94.9 Å². The van der Waals surface area contributed by atoms with E-state index in [4.69, 9.17) is 29.4 Å². The molecule has 3 fully saturated rings. The lowest BCUT2D eigenvalue weighted by atomic mass is 9.88. The molecule has 7 amide bonds.